The molecule has 0 atom stereocenters. The van der Waals surface area contributed by atoms with Crippen molar-refractivity contribution in [2.45, 2.75) is 12.9 Å². The Kier molecular flexibility index (Phi) is 2.98. The fourth-order valence-corrected chi connectivity index (χ4v) is 0.883. The first kappa shape index (κ1) is 11.5. The van der Waals surface area contributed by atoms with E-state index < -0.39 is 23.7 Å². The van der Waals surface area contributed by atoms with Crippen LogP contribution in [0.1, 0.15) is 5.69 Å². The first-order chi connectivity index (χ1) is 6.83. The number of nitrogen functional groups attached to an aromatic ring is 1. The second kappa shape index (κ2) is 3.89. The van der Waals surface area contributed by atoms with E-state index in [9.17, 15) is 17.6 Å². The lowest BCUT2D eigenvalue weighted by atomic mass is 10.3. The van der Waals surface area contributed by atoms with Crippen LogP contribution < -0.4 is 16.2 Å². The molecule has 0 unspecified atom stereocenters. The van der Waals surface area contributed by atoms with Gasteiger partial charge in [0.1, 0.15) is 0 Å². The molecule has 4 N–H and O–H groups in total. The summed E-state index contributed by atoms with van der Waals surface area (Å²) in [6, 6.07) is 0.641. The lowest BCUT2D eigenvalue weighted by Gasteiger charge is -2.10. The first-order valence-corrected chi connectivity index (χ1v) is 3.74. The van der Waals surface area contributed by atoms with Crippen LogP contribution in [0.5, 0.6) is 5.88 Å². The molecule has 84 valence electrons. The summed E-state index contributed by atoms with van der Waals surface area (Å²) in [6.07, 6.45) is -4.90. The summed E-state index contributed by atoms with van der Waals surface area (Å²) >= 11 is 0. The summed E-state index contributed by atoms with van der Waals surface area (Å²) in [5.41, 5.74) is 9.28. The molecule has 0 aliphatic carbocycles. The summed E-state index contributed by atoms with van der Waals surface area (Å²) in [5, 5.41) is 0. The van der Waals surface area contributed by atoms with Gasteiger partial charge in [0.25, 0.3) is 0 Å². The molecule has 15 heavy (non-hydrogen) atoms. The third-order valence-electron chi connectivity index (χ3n) is 1.44. The Hall–Kier alpha value is -1.57. The molecule has 0 aromatic carbocycles. The highest BCUT2D eigenvalue weighted by Crippen LogP contribution is 2.25. The molecule has 4 nitrogen and oxygen atoms in total. The van der Waals surface area contributed by atoms with Crippen molar-refractivity contribution in [2.24, 2.45) is 5.73 Å². The van der Waals surface area contributed by atoms with E-state index in [2.05, 4.69) is 9.72 Å². The molecule has 0 spiro atoms. The van der Waals surface area contributed by atoms with Gasteiger partial charge in [-0.25, -0.2) is 9.37 Å². The van der Waals surface area contributed by atoms with Crippen molar-refractivity contribution in [1.82, 2.24) is 4.98 Å². The summed E-state index contributed by atoms with van der Waals surface area (Å²) in [7, 11) is 0. The van der Waals surface area contributed by atoms with E-state index in [4.69, 9.17) is 11.5 Å². The molecule has 0 aliphatic rings. The molecule has 0 radical (unpaired) electrons. The quantitative estimate of drug-likeness (QED) is 0.740. The van der Waals surface area contributed by atoms with E-state index in [1.54, 1.807) is 0 Å². The van der Waals surface area contributed by atoms with Crippen LogP contribution in [-0.2, 0) is 6.54 Å². The van der Waals surface area contributed by atoms with Gasteiger partial charge in [-0.15, -0.1) is 13.2 Å². The van der Waals surface area contributed by atoms with E-state index >= 15 is 0 Å². The minimum absolute atomic E-state index is 0.370. The highest BCUT2D eigenvalue weighted by atomic mass is 19.4. The fourth-order valence-electron chi connectivity index (χ4n) is 0.883. The highest BCUT2D eigenvalue weighted by molar-refractivity contribution is 5.44. The van der Waals surface area contributed by atoms with Crippen LogP contribution in [0, 0.1) is 5.82 Å². The fraction of sp³-hybridized carbons (Fsp3) is 0.286. The number of nitrogens with two attached hydrogens (primary N) is 2. The summed E-state index contributed by atoms with van der Waals surface area (Å²) in [6.45, 7) is -0.370. The maximum Gasteiger partial charge on any atom is 0.574 e. The number of ether oxygens (including phenoxy) is 1. The van der Waals surface area contributed by atoms with Gasteiger partial charge in [0.15, 0.2) is 5.82 Å². The van der Waals surface area contributed by atoms with Crippen LogP contribution in [-0.4, -0.2) is 11.3 Å². The van der Waals surface area contributed by atoms with Crippen molar-refractivity contribution < 1.29 is 22.3 Å². The van der Waals surface area contributed by atoms with E-state index in [-0.39, 0.29) is 12.2 Å². The lowest BCUT2D eigenvalue weighted by Crippen LogP contribution is -2.19. The molecule has 1 aromatic rings. The second-order valence-corrected chi connectivity index (χ2v) is 2.56. The van der Waals surface area contributed by atoms with Gasteiger partial charge in [-0.05, 0) is 0 Å². The molecule has 8 heteroatoms. The standard InChI is InChI=1S/C7H7F4N3O/c8-6-3(13)1-5(14-4(6)2-12)15-7(9,10)11/h1H,2,12H2,(H2,13,14). The Balaban J connectivity index is 3.06. The number of pyridine rings is 1. The van der Waals surface area contributed by atoms with Crippen LogP contribution in [0.2, 0.25) is 0 Å². The van der Waals surface area contributed by atoms with E-state index in [0.29, 0.717) is 6.07 Å². The molecular weight excluding hydrogens is 218 g/mol. The predicted molar refractivity (Wildman–Crippen MR) is 43.2 cm³/mol. The van der Waals surface area contributed by atoms with Gasteiger partial charge in [0.2, 0.25) is 5.88 Å². The molecule has 1 rings (SSSR count). The van der Waals surface area contributed by atoms with Crippen LogP contribution in [0.3, 0.4) is 0 Å². The minimum Gasteiger partial charge on any atom is -0.396 e. The predicted octanol–water partition coefficient (Wildman–Crippen LogP) is 1.16. The first-order valence-electron chi connectivity index (χ1n) is 3.74. The van der Waals surface area contributed by atoms with Crippen molar-refractivity contribution in [3.8, 4) is 5.88 Å². The summed E-state index contributed by atoms with van der Waals surface area (Å²) in [5.74, 6) is -1.77. The Morgan fingerprint density at radius 3 is 2.47 bits per heavy atom. The van der Waals surface area contributed by atoms with E-state index in [0.717, 1.165) is 0 Å². The maximum absolute atomic E-state index is 13.0. The van der Waals surface area contributed by atoms with Crippen molar-refractivity contribution in [1.29, 1.82) is 0 Å². The van der Waals surface area contributed by atoms with Gasteiger partial charge in [-0.3, -0.25) is 0 Å². The number of hydrogen-bond donors (Lipinski definition) is 2. The summed E-state index contributed by atoms with van der Waals surface area (Å²) < 4.78 is 51.8. The maximum atomic E-state index is 13.0. The SMILES string of the molecule is NCc1nc(OC(F)(F)F)cc(N)c1F. The highest BCUT2D eigenvalue weighted by Gasteiger charge is 2.32. The number of halogens is 4. The molecule has 0 amide bonds. The molecule has 1 aromatic heterocycles. The number of hydrogen-bond acceptors (Lipinski definition) is 4. The van der Waals surface area contributed by atoms with Crippen molar-refractivity contribution in [3.05, 3.63) is 17.6 Å². The molecule has 0 fully saturated rings. The number of nitrogens with zero attached hydrogens (tertiary/aromatic N) is 1. The number of alkyl halides is 3. The second-order valence-electron chi connectivity index (χ2n) is 2.56. The van der Waals surface area contributed by atoms with Crippen LogP contribution in [0.15, 0.2) is 6.07 Å². The number of rotatable bonds is 2. The average molecular weight is 225 g/mol. The third-order valence-corrected chi connectivity index (χ3v) is 1.44. The molecule has 0 saturated heterocycles. The third kappa shape index (κ3) is 2.94. The zero-order valence-corrected chi connectivity index (χ0v) is 7.31. The molecule has 1 heterocycles. The minimum atomic E-state index is -4.90. The van der Waals surface area contributed by atoms with E-state index in [1.165, 1.54) is 0 Å². The Morgan fingerprint density at radius 2 is 2.00 bits per heavy atom. The van der Waals surface area contributed by atoms with E-state index in [1.807, 2.05) is 0 Å². The summed E-state index contributed by atoms with van der Waals surface area (Å²) in [4.78, 5) is 3.21. The van der Waals surface area contributed by atoms with Gasteiger partial charge < -0.3 is 16.2 Å². The molecule has 0 saturated carbocycles. The van der Waals surface area contributed by atoms with Crippen molar-refractivity contribution >= 4 is 5.69 Å². The van der Waals surface area contributed by atoms with Gasteiger partial charge in [-0.1, -0.05) is 0 Å². The molecular formula is C7H7F4N3O. The Morgan fingerprint density at radius 1 is 1.40 bits per heavy atom. The Bertz CT molecular complexity index is 366. The topological polar surface area (TPSA) is 74.2 Å². The molecule has 0 aliphatic heterocycles. The molecule has 0 bridgehead atoms. The monoisotopic (exact) mass is 225 g/mol. The average Bonchev–Trinajstić information content (AvgIpc) is 2.08. The number of anilines is 1. The Labute approximate surface area is 81.8 Å². The smallest absolute Gasteiger partial charge is 0.396 e. The van der Waals surface area contributed by atoms with Gasteiger partial charge in [0, 0.05) is 12.6 Å². The lowest BCUT2D eigenvalue weighted by molar-refractivity contribution is -0.276. The van der Waals surface area contributed by atoms with Crippen LogP contribution in [0.4, 0.5) is 23.2 Å². The normalized spacial score (nSPS) is 11.5. The zero-order valence-electron chi connectivity index (χ0n) is 7.31. The van der Waals surface area contributed by atoms with Crippen LogP contribution in [0.25, 0.3) is 0 Å². The van der Waals surface area contributed by atoms with Gasteiger partial charge in [-0.2, -0.15) is 0 Å². The van der Waals surface area contributed by atoms with Gasteiger partial charge >= 0.3 is 6.36 Å². The largest absolute Gasteiger partial charge is 0.574 e. The number of aromatic nitrogens is 1. The van der Waals surface area contributed by atoms with Crippen LogP contribution >= 0.6 is 0 Å². The zero-order chi connectivity index (χ0) is 11.6. The van der Waals surface area contributed by atoms with Crippen molar-refractivity contribution in [3.63, 3.8) is 0 Å². The van der Waals surface area contributed by atoms with Gasteiger partial charge in [0.05, 0.1) is 11.4 Å². The van der Waals surface area contributed by atoms with Crippen molar-refractivity contribution in [2.75, 3.05) is 5.73 Å².